The van der Waals surface area contributed by atoms with Gasteiger partial charge in [0.15, 0.2) is 5.65 Å². The zero-order chi connectivity index (χ0) is 9.54. The number of rotatable bonds is 0. The van der Waals surface area contributed by atoms with Crippen molar-refractivity contribution in [3.05, 3.63) is 35.1 Å². The van der Waals surface area contributed by atoms with Crippen LogP contribution < -0.4 is 5.69 Å². The lowest BCUT2D eigenvalue weighted by atomic mass is 10.3. The van der Waals surface area contributed by atoms with Crippen LogP contribution in [0.5, 0.6) is 0 Å². The van der Waals surface area contributed by atoms with E-state index in [2.05, 4.69) is 20.1 Å². The Hall–Kier alpha value is -2.24. The van der Waals surface area contributed by atoms with Crippen LogP contribution in [0.3, 0.4) is 0 Å². The third-order valence-electron chi connectivity index (χ3n) is 2.00. The summed E-state index contributed by atoms with van der Waals surface area (Å²) in [7, 11) is 0. The van der Waals surface area contributed by atoms with Gasteiger partial charge < -0.3 is 4.98 Å². The molecule has 3 aromatic heterocycles. The fourth-order valence-electron chi connectivity index (χ4n) is 1.40. The van der Waals surface area contributed by atoms with Gasteiger partial charge in [-0.3, -0.25) is 4.98 Å². The number of hydrogen-bond acceptors (Lipinski definition) is 4. The van der Waals surface area contributed by atoms with E-state index in [1.165, 1.54) is 10.8 Å². The van der Waals surface area contributed by atoms with E-state index in [1.54, 1.807) is 18.3 Å². The highest BCUT2D eigenvalue weighted by atomic mass is 16.1. The number of aromatic nitrogens is 5. The van der Waals surface area contributed by atoms with Gasteiger partial charge in [0.1, 0.15) is 11.8 Å². The van der Waals surface area contributed by atoms with Crippen molar-refractivity contribution in [3.8, 4) is 0 Å². The quantitative estimate of drug-likeness (QED) is 0.536. The molecule has 0 atom stereocenters. The van der Waals surface area contributed by atoms with Crippen molar-refractivity contribution in [2.75, 3.05) is 0 Å². The summed E-state index contributed by atoms with van der Waals surface area (Å²) >= 11 is 0. The molecule has 0 aliphatic heterocycles. The maximum atomic E-state index is 11.4. The van der Waals surface area contributed by atoms with Crippen molar-refractivity contribution in [1.29, 1.82) is 0 Å². The van der Waals surface area contributed by atoms with E-state index in [-0.39, 0.29) is 5.69 Å². The molecule has 0 unspecified atom stereocenters. The lowest BCUT2D eigenvalue weighted by Crippen LogP contribution is -2.17. The third kappa shape index (κ3) is 0.792. The Balaban J connectivity index is 2.73. The molecule has 0 amide bonds. The molecule has 0 aliphatic rings. The van der Waals surface area contributed by atoms with Gasteiger partial charge in [-0.15, -0.1) is 0 Å². The van der Waals surface area contributed by atoms with E-state index in [0.29, 0.717) is 16.7 Å². The topological polar surface area (TPSA) is 75.9 Å². The first-order chi connectivity index (χ1) is 6.86. The normalized spacial score (nSPS) is 11.1. The number of H-pyrrole nitrogens is 1. The van der Waals surface area contributed by atoms with Crippen molar-refractivity contribution in [1.82, 2.24) is 24.6 Å². The van der Waals surface area contributed by atoms with Crippen LogP contribution in [0.2, 0.25) is 0 Å². The number of nitrogens with one attached hydrogen (secondary N) is 1. The Kier molecular flexibility index (Phi) is 1.22. The minimum atomic E-state index is -0.307. The second kappa shape index (κ2) is 2.38. The molecule has 0 saturated heterocycles. The van der Waals surface area contributed by atoms with E-state index in [0.717, 1.165) is 0 Å². The van der Waals surface area contributed by atoms with Gasteiger partial charge >= 0.3 is 5.69 Å². The molecule has 6 nitrogen and oxygen atoms in total. The molecule has 0 fully saturated rings. The number of aromatic amines is 1. The predicted octanol–water partition coefficient (Wildman–Crippen LogP) is -0.0342. The first-order valence-electron chi connectivity index (χ1n) is 4.03. The molecule has 14 heavy (non-hydrogen) atoms. The van der Waals surface area contributed by atoms with Gasteiger partial charge in [0.05, 0.1) is 5.52 Å². The van der Waals surface area contributed by atoms with Crippen LogP contribution in [0, 0.1) is 0 Å². The van der Waals surface area contributed by atoms with Crippen molar-refractivity contribution in [2.45, 2.75) is 0 Å². The average Bonchev–Trinajstić information content (AvgIpc) is 2.67. The van der Waals surface area contributed by atoms with Crippen LogP contribution in [0.4, 0.5) is 0 Å². The highest BCUT2D eigenvalue weighted by Crippen LogP contribution is 2.09. The molecule has 6 heteroatoms. The van der Waals surface area contributed by atoms with E-state index < -0.39 is 0 Å². The minimum Gasteiger partial charge on any atom is -0.304 e. The highest BCUT2D eigenvalue weighted by Gasteiger charge is 2.05. The Morgan fingerprint density at radius 2 is 2.29 bits per heavy atom. The van der Waals surface area contributed by atoms with Crippen molar-refractivity contribution < 1.29 is 0 Å². The number of nitrogens with zero attached hydrogens (tertiary/aromatic N) is 4. The molecular weight excluding hydrogens is 182 g/mol. The average molecular weight is 187 g/mol. The van der Waals surface area contributed by atoms with Crippen LogP contribution in [0.15, 0.2) is 29.5 Å². The van der Waals surface area contributed by atoms with E-state index in [4.69, 9.17) is 0 Å². The summed E-state index contributed by atoms with van der Waals surface area (Å²) < 4.78 is 1.19. The van der Waals surface area contributed by atoms with Crippen LogP contribution in [0.1, 0.15) is 0 Å². The molecule has 0 bridgehead atoms. The lowest BCUT2D eigenvalue weighted by Gasteiger charge is -1.96. The summed E-state index contributed by atoms with van der Waals surface area (Å²) in [6.45, 7) is 0. The van der Waals surface area contributed by atoms with E-state index in [9.17, 15) is 4.79 Å². The second-order valence-electron chi connectivity index (χ2n) is 2.83. The Labute approximate surface area is 77.2 Å². The van der Waals surface area contributed by atoms with Crippen molar-refractivity contribution in [2.24, 2.45) is 0 Å². The molecule has 0 aromatic carbocycles. The molecule has 0 radical (unpaired) electrons. The van der Waals surface area contributed by atoms with Gasteiger partial charge in [-0.1, -0.05) is 0 Å². The maximum Gasteiger partial charge on any atom is 0.348 e. The van der Waals surface area contributed by atoms with Crippen LogP contribution in [0.25, 0.3) is 16.7 Å². The monoisotopic (exact) mass is 187 g/mol. The molecule has 3 rings (SSSR count). The smallest absolute Gasteiger partial charge is 0.304 e. The molecule has 0 spiro atoms. The number of fused-ring (bicyclic) bond motifs is 3. The fraction of sp³-hybridized carbons (Fsp3) is 0. The Bertz CT molecular complexity index is 668. The largest absolute Gasteiger partial charge is 0.348 e. The highest BCUT2D eigenvalue weighted by molar-refractivity contribution is 5.86. The lowest BCUT2D eigenvalue weighted by molar-refractivity contribution is 0.879. The summed E-state index contributed by atoms with van der Waals surface area (Å²) in [6, 6.07) is 3.53. The molecule has 0 aliphatic carbocycles. The number of hydrogen-bond donors (Lipinski definition) is 1. The fourth-order valence-corrected chi connectivity index (χ4v) is 1.40. The molecule has 1 N–H and O–H groups in total. The summed E-state index contributed by atoms with van der Waals surface area (Å²) in [4.78, 5) is 22.2. The molecule has 0 saturated carbocycles. The standard InChI is InChI=1S/C8H5N5O/c14-8-12-5-2-1-3-9-6(5)7-10-4-11-13(7)8/h1-4H,(H,12,14). The van der Waals surface area contributed by atoms with Crippen LogP contribution in [-0.2, 0) is 0 Å². The first kappa shape index (κ1) is 7.19. The Morgan fingerprint density at radius 1 is 1.36 bits per heavy atom. The van der Waals surface area contributed by atoms with Crippen LogP contribution >= 0.6 is 0 Å². The molecule has 68 valence electrons. The zero-order valence-corrected chi connectivity index (χ0v) is 7.01. The molecule has 3 heterocycles. The van der Waals surface area contributed by atoms with Crippen molar-refractivity contribution in [3.63, 3.8) is 0 Å². The summed E-state index contributed by atoms with van der Waals surface area (Å²) in [5.41, 5.74) is 1.48. The summed E-state index contributed by atoms with van der Waals surface area (Å²) in [5, 5.41) is 3.79. The maximum absolute atomic E-state index is 11.4. The van der Waals surface area contributed by atoms with Crippen molar-refractivity contribution >= 4 is 16.7 Å². The second-order valence-corrected chi connectivity index (χ2v) is 2.83. The summed E-state index contributed by atoms with van der Waals surface area (Å²) in [5.74, 6) is 0. The van der Waals surface area contributed by atoms with Gasteiger partial charge in [0.25, 0.3) is 0 Å². The minimum absolute atomic E-state index is 0.307. The van der Waals surface area contributed by atoms with Gasteiger partial charge in [0.2, 0.25) is 0 Å². The predicted molar refractivity (Wildman–Crippen MR) is 48.9 cm³/mol. The zero-order valence-electron chi connectivity index (χ0n) is 7.01. The van der Waals surface area contributed by atoms with Gasteiger partial charge in [-0.05, 0) is 12.1 Å². The SMILES string of the molecule is O=c1[nH]c2cccnc2c2ncnn12. The molecule has 3 aromatic rings. The molecular formula is C8H5N5O. The third-order valence-corrected chi connectivity index (χ3v) is 2.00. The van der Waals surface area contributed by atoms with Gasteiger partial charge in [0, 0.05) is 6.20 Å². The number of pyridine rings is 1. The first-order valence-corrected chi connectivity index (χ1v) is 4.03. The van der Waals surface area contributed by atoms with Gasteiger partial charge in [-0.25, -0.2) is 9.78 Å². The van der Waals surface area contributed by atoms with E-state index in [1.807, 2.05) is 0 Å². The van der Waals surface area contributed by atoms with E-state index >= 15 is 0 Å². The van der Waals surface area contributed by atoms with Gasteiger partial charge in [-0.2, -0.15) is 9.61 Å². The Morgan fingerprint density at radius 3 is 3.21 bits per heavy atom. The van der Waals surface area contributed by atoms with Crippen LogP contribution in [-0.4, -0.2) is 24.6 Å². The summed E-state index contributed by atoms with van der Waals surface area (Å²) in [6.07, 6.45) is 2.98.